The van der Waals surface area contributed by atoms with E-state index < -0.39 is 0 Å². The van der Waals surface area contributed by atoms with Gasteiger partial charge in [0.2, 0.25) is 11.8 Å². The third-order valence-corrected chi connectivity index (χ3v) is 4.44. The molecule has 0 saturated carbocycles. The Balaban J connectivity index is 1.79. The van der Waals surface area contributed by atoms with Crippen LogP contribution in [0.5, 0.6) is 11.5 Å². The van der Waals surface area contributed by atoms with Crippen LogP contribution in [0.15, 0.2) is 18.2 Å². The second-order valence-corrected chi connectivity index (χ2v) is 6.26. The molecule has 1 aliphatic rings. The topological polar surface area (TPSA) is 93.9 Å². The number of hydrogen-bond acceptors (Lipinski definition) is 5. The average Bonchev–Trinajstić information content (AvgIpc) is 2.61. The number of carbonyl (C=O) groups is 2. The van der Waals surface area contributed by atoms with Gasteiger partial charge in [0.05, 0.1) is 20.8 Å². The van der Waals surface area contributed by atoms with Gasteiger partial charge in [-0.15, -0.1) is 0 Å². The van der Waals surface area contributed by atoms with Crippen molar-refractivity contribution in [2.24, 2.45) is 5.73 Å². The second kappa shape index (κ2) is 9.27. The van der Waals surface area contributed by atoms with Crippen molar-refractivity contribution in [3.8, 4) is 11.5 Å². The molecule has 0 aliphatic carbocycles. The molecule has 2 rings (SSSR count). The standard InChI is InChI=1S/C18H27N3O4/c1-24-15-4-5-16(25-2)13(11-15)3-6-18(23)20-14-7-9-21(10-8-14)12-17(19)22/h4-5,11,14H,3,6-10,12H2,1-2H3,(H2,19,22)(H,20,23). The van der Waals surface area contributed by atoms with Crippen LogP contribution in [0.3, 0.4) is 0 Å². The Bertz CT molecular complexity index is 598. The molecule has 7 heteroatoms. The van der Waals surface area contributed by atoms with E-state index in [1.165, 1.54) is 0 Å². The van der Waals surface area contributed by atoms with Crippen molar-refractivity contribution in [1.82, 2.24) is 10.2 Å². The van der Waals surface area contributed by atoms with E-state index in [0.717, 1.165) is 43.0 Å². The van der Waals surface area contributed by atoms with Gasteiger partial charge in [0.15, 0.2) is 0 Å². The first-order valence-corrected chi connectivity index (χ1v) is 8.52. The smallest absolute Gasteiger partial charge is 0.231 e. The predicted molar refractivity (Wildman–Crippen MR) is 94.7 cm³/mol. The van der Waals surface area contributed by atoms with Gasteiger partial charge in [0, 0.05) is 25.6 Å². The summed E-state index contributed by atoms with van der Waals surface area (Å²) in [7, 11) is 3.23. The Labute approximate surface area is 148 Å². The predicted octanol–water partition coefficient (Wildman–Crippen LogP) is 0.702. The van der Waals surface area contributed by atoms with Gasteiger partial charge in [-0.1, -0.05) is 0 Å². The van der Waals surface area contributed by atoms with Crippen LogP contribution in [-0.4, -0.2) is 56.6 Å². The monoisotopic (exact) mass is 349 g/mol. The Hall–Kier alpha value is -2.28. The summed E-state index contributed by atoms with van der Waals surface area (Å²) in [6.45, 7) is 1.84. The molecule has 1 aromatic carbocycles. The number of rotatable bonds is 8. The fraction of sp³-hybridized carbons (Fsp3) is 0.556. The van der Waals surface area contributed by atoms with E-state index in [1.54, 1.807) is 14.2 Å². The molecule has 138 valence electrons. The fourth-order valence-corrected chi connectivity index (χ4v) is 3.08. The van der Waals surface area contributed by atoms with Crippen molar-refractivity contribution < 1.29 is 19.1 Å². The lowest BCUT2D eigenvalue weighted by atomic mass is 10.0. The lowest BCUT2D eigenvalue weighted by molar-refractivity contribution is -0.123. The number of amides is 2. The number of likely N-dealkylation sites (tertiary alicyclic amines) is 1. The number of ether oxygens (including phenoxy) is 2. The summed E-state index contributed by atoms with van der Waals surface area (Å²) in [6, 6.07) is 5.74. The first kappa shape index (κ1) is 19.1. The molecule has 25 heavy (non-hydrogen) atoms. The first-order chi connectivity index (χ1) is 12.0. The fourth-order valence-electron chi connectivity index (χ4n) is 3.08. The molecular weight excluding hydrogens is 322 g/mol. The number of nitrogens with zero attached hydrogens (tertiary/aromatic N) is 1. The summed E-state index contributed by atoms with van der Waals surface area (Å²) < 4.78 is 10.6. The van der Waals surface area contributed by atoms with E-state index in [1.807, 2.05) is 23.1 Å². The maximum absolute atomic E-state index is 12.2. The summed E-state index contributed by atoms with van der Waals surface area (Å²) in [5.41, 5.74) is 6.16. The van der Waals surface area contributed by atoms with Crippen LogP contribution >= 0.6 is 0 Å². The van der Waals surface area contributed by atoms with Crippen LogP contribution in [0.1, 0.15) is 24.8 Å². The van der Waals surface area contributed by atoms with Crippen molar-refractivity contribution in [1.29, 1.82) is 0 Å². The molecule has 1 aliphatic heterocycles. The average molecular weight is 349 g/mol. The molecule has 1 fully saturated rings. The van der Waals surface area contributed by atoms with Gasteiger partial charge in [-0.25, -0.2) is 0 Å². The Morgan fingerprint density at radius 1 is 1.24 bits per heavy atom. The van der Waals surface area contributed by atoms with Crippen molar-refractivity contribution in [2.45, 2.75) is 31.7 Å². The largest absolute Gasteiger partial charge is 0.497 e. The zero-order valence-electron chi connectivity index (χ0n) is 14.9. The van der Waals surface area contributed by atoms with Gasteiger partial charge in [-0.3, -0.25) is 14.5 Å². The highest BCUT2D eigenvalue weighted by atomic mass is 16.5. The number of nitrogens with one attached hydrogen (secondary N) is 1. The van der Waals surface area contributed by atoms with E-state index in [9.17, 15) is 9.59 Å². The quantitative estimate of drug-likeness (QED) is 0.721. The van der Waals surface area contributed by atoms with Crippen molar-refractivity contribution in [3.05, 3.63) is 23.8 Å². The number of primary amides is 1. The molecule has 0 bridgehead atoms. The van der Waals surface area contributed by atoms with Gasteiger partial charge in [-0.2, -0.15) is 0 Å². The van der Waals surface area contributed by atoms with E-state index in [0.29, 0.717) is 12.8 Å². The summed E-state index contributed by atoms with van der Waals surface area (Å²) in [6.07, 6.45) is 2.65. The molecule has 0 radical (unpaired) electrons. The van der Waals surface area contributed by atoms with E-state index in [2.05, 4.69) is 5.32 Å². The summed E-state index contributed by atoms with van der Waals surface area (Å²) in [4.78, 5) is 25.2. The maximum Gasteiger partial charge on any atom is 0.231 e. The molecule has 3 N–H and O–H groups in total. The van der Waals surface area contributed by atoms with Crippen LogP contribution in [0.2, 0.25) is 0 Å². The number of piperidine rings is 1. The van der Waals surface area contributed by atoms with Crippen molar-refractivity contribution >= 4 is 11.8 Å². The van der Waals surface area contributed by atoms with E-state index in [4.69, 9.17) is 15.2 Å². The van der Waals surface area contributed by atoms with Crippen LogP contribution in [0.25, 0.3) is 0 Å². The lowest BCUT2D eigenvalue weighted by Crippen LogP contribution is -2.46. The molecular formula is C18H27N3O4. The van der Waals surface area contributed by atoms with Crippen LogP contribution in [-0.2, 0) is 16.0 Å². The number of methoxy groups -OCH3 is 2. The van der Waals surface area contributed by atoms with Crippen molar-refractivity contribution in [3.63, 3.8) is 0 Å². The van der Waals surface area contributed by atoms with Gasteiger partial charge in [-0.05, 0) is 43.0 Å². The highest BCUT2D eigenvalue weighted by molar-refractivity contribution is 5.77. The Morgan fingerprint density at radius 2 is 1.96 bits per heavy atom. The van der Waals surface area contributed by atoms with Crippen molar-refractivity contribution in [2.75, 3.05) is 33.9 Å². The zero-order chi connectivity index (χ0) is 18.2. The highest BCUT2D eigenvalue weighted by Crippen LogP contribution is 2.25. The normalized spacial score (nSPS) is 15.6. The molecule has 0 aromatic heterocycles. The van der Waals surface area contributed by atoms with Gasteiger partial charge in [0.1, 0.15) is 11.5 Å². The van der Waals surface area contributed by atoms with Crippen LogP contribution in [0, 0.1) is 0 Å². The zero-order valence-corrected chi connectivity index (χ0v) is 14.9. The molecule has 0 unspecified atom stereocenters. The summed E-state index contributed by atoms with van der Waals surface area (Å²) in [5, 5.41) is 3.08. The number of benzene rings is 1. The third kappa shape index (κ3) is 5.94. The molecule has 1 heterocycles. The summed E-state index contributed by atoms with van der Waals surface area (Å²) in [5.74, 6) is 1.22. The summed E-state index contributed by atoms with van der Waals surface area (Å²) >= 11 is 0. The number of nitrogens with two attached hydrogens (primary N) is 1. The molecule has 0 spiro atoms. The first-order valence-electron chi connectivity index (χ1n) is 8.52. The number of aryl methyl sites for hydroxylation is 1. The third-order valence-electron chi connectivity index (χ3n) is 4.44. The highest BCUT2D eigenvalue weighted by Gasteiger charge is 2.21. The Kier molecular flexibility index (Phi) is 7.06. The minimum Gasteiger partial charge on any atom is -0.497 e. The lowest BCUT2D eigenvalue weighted by Gasteiger charge is -2.31. The van der Waals surface area contributed by atoms with E-state index in [-0.39, 0.29) is 24.4 Å². The van der Waals surface area contributed by atoms with Gasteiger partial charge >= 0.3 is 0 Å². The van der Waals surface area contributed by atoms with Crippen LogP contribution in [0.4, 0.5) is 0 Å². The molecule has 1 aromatic rings. The molecule has 1 saturated heterocycles. The maximum atomic E-state index is 12.2. The SMILES string of the molecule is COc1ccc(OC)c(CCC(=O)NC2CCN(CC(N)=O)CC2)c1. The minimum absolute atomic E-state index is 0.0261. The molecule has 0 atom stereocenters. The number of hydrogen-bond donors (Lipinski definition) is 2. The second-order valence-electron chi connectivity index (χ2n) is 6.26. The Morgan fingerprint density at radius 3 is 2.56 bits per heavy atom. The molecule has 2 amide bonds. The van der Waals surface area contributed by atoms with Gasteiger partial charge < -0.3 is 20.5 Å². The van der Waals surface area contributed by atoms with Gasteiger partial charge in [0.25, 0.3) is 0 Å². The molecule has 7 nitrogen and oxygen atoms in total. The van der Waals surface area contributed by atoms with E-state index >= 15 is 0 Å². The minimum atomic E-state index is -0.310. The van der Waals surface area contributed by atoms with Crippen LogP contribution < -0.4 is 20.5 Å². The number of carbonyl (C=O) groups excluding carboxylic acids is 2.